The molecule has 1 fully saturated rings. The zero-order valence-electron chi connectivity index (χ0n) is 38.8. The molecule has 2 atom stereocenters. The van der Waals surface area contributed by atoms with Crippen LogP contribution in [0.5, 0.6) is 11.5 Å². The largest absolute Gasteiger partial charge is 0.505 e. The van der Waals surface area contributed by atoms with Crippen LogP contribution in [-0.4, -0.2) is 38.5 Å². The molecule has 8 aromatic rings. The number of benzene rings is 6. The van der Waals surface area contributed by atoms with Crippen LogP contribution in [-0.2, 0) is 9.31 Å². The summed E-state index contributed by atoms with van der Waals surface area (Å²) in [6, 6.07) is 42.9. The maximum atomic E-state index is 9.85. The molecular formula is C55H50BBrCl4N6O4. The second-order valence-corrected chi connectivity index (χ2v) is 20.0. The van der Waals surface area contributed by atoms with Crippen molar-refractivity contribution in [1.82, 2.24) is 9.97 Å². The Morgan fingerprint density at radius 2 is 1.00 bits per heavy atom. The van der Waals surface area contributed by atoms with Crippen molar-refractivity contribution in [3.05, 3.63) is 181 Å². The van der Waals surface area contributed by atoms with E-state index in [2.05, 4.69) is 67.7 Å². The van der Waals surface area contributed by atoms with Gasteiger partial charge in [-0.05, 0) is 112 Å². The highest BCUT2D eigenvalue weighted by Crippen LogP contribution is 2.40. The van der Waals surface area contributed by atoms with Gasteiger partial charge in [-0.1, -0.05) is 149 Å². The third-order valence-electron chi connectivity index (χ3n) is 12.2. The van der Waals surface area contributed by atoms with Crippen LogP contribution in [0.4, 0.5) is 11.4 Å². The Hall–Kier alpha value is -6.06. The van der Waals surface area contributed by atoms with Crippen LogP contribution in [0.2, 0.25) is 20.1 Å². The lowest BCUT2D eigenvalue weighted by Gasteiger charge is -2.32. The minimum absolute atomic E-state index is 0. The predicted molar refractivity (Wildman–Crippen MR) is 295 cm³/mol. The first-order valence-corrected chi connectivity index (χ1v) is 24.3. The summed E-state index contributed by atoms with van der Waals surface area (Å²) in [6.07, 6.45) is 3.20. The van der Waals surface area contributed by atoms with Crippen molar-refractivity contribution in [3.63, 3.8) is 0 Å². The Labute approximate surface area is 443 Å². The van der Waals surface area contributed by atoms with Crippen LogP contribution in [0.15, 0.2) is 138 Å². The maximum absolute atomic E-state index is 9.85. The molecule has 0 spiro atoms. The van der Waals surface area contributed by atoms with Gasteiger partial charge in [0.2, 0.25) is 0 Å². The van der Waals surface area contributed by atoms with Gasteiger partial charge in [-0.15, -0.1) is 0 Å². The standard InChI is InChI=1S/C24H26BN3O2.C24H17Cl2N3O.C6H3BrCl2O.CH4/c1-16(17-9-7-6-8-10-17)28-22-18(14-26)15-27-21-12-11-19(13-20(21)22)25-29-23(2,3)24(4,5)30-25;1-14(15-5-3-2-4-6-15)29-23-18(12-27)13-28-22-8-7-16(9-19(22)23)17-10-20(25)24(30)21(26)11-17;7-3-1-4(8)6(10)5(9)2-3;/h6-13,15-16H,1-5H3,(H,27,28);2-11,13-14,30H,1H3,(H,28,29);1-2,10H;1H4. The van der Waals surface area contributed by atoms with E-state index in [0.29, 0.717) is 11.1 Å². The summed E-state index contributed by atoms with van der Waals surface area (Å²) in [7, 11) is -0.468. The van der Waals surface area contributed by atoms with E-state index in [9.17, 15) is 15.6 Å². The van der Waals surface area contributed by atoms with Gasteiger partial charge in [0.05, 0.1) is 64.8 Å². The zero-order chi connectivity index (χ0) is 50.5. The molecule has 9 rings (SSSR count). The Bertz CT molecular complexity index is 3240. The lowest BCUT2D eigenvalue weighted by molar-refractivity contribution is 0.00578. The van der Waals surface area contributed by atoms with Gasteiger partial charge in [-0.25, -0.2) is 0 Å². The number of nitrogens with one attached hydrogen (secondary N) is 2. The number of halogens is 5. The molecule has 0 radical (unpaired) electrons. The van der Waals surface area contributed by atoms with E-state index in [0.717, 1.165) is 65.4 Å². The molecule has 0 amide bonds. The number of aromatic hydroxyl groups is 2. The molecule has 1 aliphatic heterocycles. The molecule has 10 nitrogen and oxygen atoms in total. The predicted octanol–water partition coefficient (Wildman–Crippen LogP) is 15.6. The van der Waals surface area contributed by atoms with Crippen LogP contribution < -0.4 is 16.1 Å². The fourth-order valence-corrected chi connectivity index (χ4v) is 9.23. The smallest absolute Gasteiger partial charge is 0.494 e. The van der Waals surface area contributed by atoms with Gasteiger partial charge < -0.3 is 30.2 Å². The maximum Gasteiger partial charge on any atom is 0.494 e. The second kappa shape index (κ2) is 23.0. The number of rotatable bonds is 8. The SMILES string of the molecule is C.CC(Nc1c(C#N)cnc2ccc(-c3cc(Cl)c(O)c(Cl)c3)cc12)c1ccccc1.CC(Nc1c(C#N)cnc2ccc(B3OC(C)(C)C(C)(C)O3)cc12)c1ccccc1.Oc1c(Cl)cc(Br)cc1Cl. The fraction of sp³-hybridized carbons (Fsp3) is 0.200. The molecular weight excluding hydrogens is 1040 g/mol. The Balaban J connectivity index is 0.000000193. The van der Waals surface area contributed by atoms with E-state index in [1.54, 1.807) is 36.7 Å². The molecule has 2 unspecified atom stereocenters. The number of anilines is 2. The topological polar surface area (TPSA) is 156 Å². The van der Waals surface area contributed by atoms with Crippen molar-refractivity contribution >= 4 is 108 Å². The summed E-state index contributed by atoms with van der Waals surface area (Å²) in [5, 5.41) is 47.8. The molecule has 2 aromatic heterocycles. The molecule has 4 N–H and O–H groups in total. The molecule has 6 aromatic carbocycles. The summed E-state index contributed by atoms with van der Waals surface area (Å²) in [6.45, 7) is 12.3. The van der Waals surface area contributed by atoms with Crippen molar-refractivity contribution in [3.8, 4) is 34.8 Å². The highest BCUT2D eigenvalue weighted by molar-refractivity contribution is 9.10. The van der Waals surface area contributed by atoms with Crippen molar-refractivity contribution in [2.75, 3.05) is 10.6 Å². The highest BCUT2D eigenvalue weighted by Gasteiger charge is 2.51. The molecule has 71 heavy (non-hydrogen) atoms. The van der Waals surface area contributed by atoms with E-state index >= 15 is 0 Å². The number of nitriles is 2. The molecule has 1 saturated heterocycles. The number of hydrogen-bond donors (Lipinski definition) is 4. The van der Waals surface area contributed by atoms with Crippen molar-refractivity contribution in [2.45, 2.75) is 72.3 Å². The molecule has 0 bridgehead atoms. The van der Waals surface area contributed by atoms with Crippen LogP contribution in [0, 0.1) is 22.7 Å². The van der Waals surface area contributed by atoms with Crippen LogP contribution in [0.3, 0.4) is 0 Å². The second-order valence-electron chi connectivity index (χ2n) is 17.5. The van der Waals surface area contributed by atoms with Gasteiger partial charge in [0, 0.05) is 39.7 Å². The monoisotopic (exact) mass is 1090 g/mol. The highest BCUT2D eigenvalue weighted by atomic mass is 79.9. The summed E-state index contributed by atoms with van der Waals surface area (Å²) in [5.74, 6) is -0.220. The summed E-state index contributed by atoms with van der Waals surface area (Å²) >= 11 is 26.5. The van der Waals surface area contributed by atoms with Gasteiger partial charge >= 0.3 is 7.12 Å². The Morgan fingerprint density at radius 1 is 0.592 bits per heavy atom. The van der Waals surface area contributed by atoms with Crippen molar-refractivity contribution < 1.29 is 19.5 Å². The van der Waals surface area contributed by atoms with Gasteiger partial charge in [0.1, 0.15) is 12.1 Å². The van der Waals surface area contributed by atoms with Crippen molar-refractivity contribution in [1.29, 1.82) is 10.5 Å². The van der Waals surface area contributed by atoms with E-state index < -0.39 is 18.3 Å². The number of fused-ring (bicyclic) bond motifs is 2. The van der Waals surface area contributed by atoms with Gasteiger partial charge in [-0.2, -0.15) is 10.5 Å². The number of nitrogens with zero attached hydrogens (tertiary/aromatic N) is 4. The van der Waals surface area contributed by atoms with Crippen molar-refractivity contribution in [2.24, 2.45) is 0 Å². The molecule has 1 aliphatic rings. The van der Waals surface area contributed by atoms with Gasteiger partial charge in [0.15, 0.2) is 11.5 Å². The molecule has 362 valence electrons. The van der Waals surface area contributed by atoms with Crippen LogP contribution in [0.1, 0.15) is 83.3 Å². The van der Waals surface area contributed by atoms with E-state index in [1.807, 2.05) is 120 Å². The lowest BCUT2D eigenvalue weighted by atomic mass is 9.78. The lowest BCUT2D eigenvalue weighted by Crippen LogP contribution is -2.41. The quantitative estimate of drug-likeness (QED) is 0.108. The van der Waals surface area contributed by atoms with E-state index in [4.69, 9.17) is 60.8 Å². The van der Waals surface area contributed by atoms with E-state index in [1.165, 1.54) is 0 Å². The first-order chi connectivity index (χ1) is 33.3. The number of hydrogen-bond acceptors (Lipinski definition) is 10. The molecule has 0 saturated carbocycles. The summed E-state index contributed by atoms with van der Waals surface area (Å²) < 4.78 is 13.2. The summed E-state index contributed by atoms with van der Waals surface area (Å²) in [4.78, 5) is 8.90. The first-order valence-electron chi connectivity index (χ1n) is 22.0. The number of pyridine rings is 2. The molecule has 0 aliphatic carbocycles. The minimum Gasteiger partial charge on any atom is -0.505 e. The minimum atomic E-state index is -0.468. The fourth-order valence-electron chi connectivity index (χ4n) is 7.54. The Morgan fingerprint density at radius 3 is 1.44 bits per heavy atom. The normalized spacial score (nSPS) is 14.1. The van der Waals surface area contributed by atoms with Gasteiger partial charge in [-0.3, -0.25) is 9.97 Å². The van der Waals surface area contributed by atoms with Crippen LogP contribution in [0.25, 0.3) is 32.9 Å². The summed E-state index contributed by atoms with van der Waals surface area (Å²) in [5.41, 5.74) is 7.99. The number of aromatic nitrogens is 2. The number of phenols is 2. The van der Waals surface area contributed by atoms with Gasteiger partial charge in [0.25, 0.3) is 0 Å². The van der Waals surface area contributed by atoms with Crippen LogP contribution >= 0.6 is 62.3 Å². The third kappa shape index (κ3) is 12.4. The van der Waals surface area contributed by atoms with E-state index in [-0.39, 0.29) is 51.1 Å². The molecule has 3 heterocycles. The average molecular weight is 1090 g/mol. The first kappa shape index (κ1) is 54.3. The average Bonchev–Trinajstić information content (AvgIpc) is 3.58. The number of phenolic OH excluding ortho intramolecular Hbond substituents is 2. The third-order valence-corrected chi connectivity index (χ3v) is 13.8. The zero-order valence-corrected chi connectivity index (χ0v) is 43.4. The Kier molecular flexibility index (Phi) is 17.6. The molecule has 16 heteroatoms.